The van der Waals surface area contributed by atoms with Crippen molar-refractivity contribution in [3.8, 4) is 0 Å². The molecule has 0 aromatic rings. The standard InChI is InChI=1S/C13H26N2O2/c1-11(12-6-3-4-7-12)15-10-13(16)14-8-5-9-17-2/h11-12,15H,3-10H2,1-2H3,(H,14,16)/t11-/m0/s1. The number of nitrogens with one attached hydrogen (secondary N) is 2. The normalized spacial score (nSPS) is 18.2. The number of ether oxygens (including phenoxy) is 1. The van der Waals surface area contributed by atoms with Crippen molar-refractivity contribution in [2.75, 3.05) is 26.8 Å². The number of amides is 1. The zero-order valence-corrected chi connectivity index (χ0v) is 11.1. The fourth-order valence-electron chi connectivity index (χ4n) is 2.38. The fraction of sp³-hybridized carbons (Fsp3) is 0.923. The van der Waals surface area contributed by atoms with E-state index in [0.29, 0.717) is 25.7 Å². The van der Waals surface area contributed by atoms with Crippen LogP contribution in [0.15, 0.2) is 0 Å². The van der Waals surface area contributed by atoms with Gasteiger partial charge in [0, 0.05) is 26.3 Å². The van der Waals surface area contributed by atoms with Crippen molar-refractivity contribution in [1.29, 1.82) is 0 Å². The minimum atomic E-state index is 0.0888. The van der Waals surface area contributed by atoms with E-state index in [2.05, 4.69) is 17.6 Å². The zero-order valence-electron chi connectivity index (χ0n) is 11.1. The highest BCUT2D eigenvalue weighted by Gasteiger charge is 2.21. The summed E-state index contributed by atoms with van der Waals surface area (Å²) in [6, 6.07) is 0.460. The van der Waals surface area contributed by atoms with E-state index in [1.165, 1.54) is 25.7 Å². The molecule has 0 unspecified atom stereocenters. The van der Waals surface area contributed by atoms with E-state index in [1.807, 2.05) is 0 Å². The van der Waals surface area contributed by atoms with Crippen molar-refractivity contribution in [1.82, 2.24) is 10.6 Å². The van der Waals surface area contributed by atoms with Crippen LogP contribution in [0.3, 0.4) is 0 Å². The summed E-state index contributed by atoms with van der Waals surface area (Å²) >= 11 is 0. The third kappa shape index (κ3) is 6.03. The lowest BCUT2D eigenvalue weighted by molar-refractivity contribution is -0.120. The van der Waals surface area contributed by atoms with Crippen molar-refractivity contribution < 1.29 is 9.53 Å². The molecule has 0 bridgehead atoms. The molecule has 0 aromatic heterocycles. The highest BCUT2D eigenvalue weighted by atomic mass is 16.5. The lowest BCUT2D eigenvalue weighted by atomic mass is 10.00. The summed E-state index contributed by atoms with van der Waals surface area (Å²) in [5, 5.41) is 6.20. The van der Waals surface area contributed by atoms with Crippen LogP contribution in [0.2, 0.25) is 0 Å². The van der Waals surface area contributed by atoms with E-state index < -0.39 is 0 Å². The summed E-state index contributed by atoms with van der Waals surface area (Å²) in [6.45, 7) is 4.02. The van der Waals surface area contributed by atoms with Gasteiger partial charge in [0.1, 0.15) is 0 Å². The largest absolute Gasteiger partial charge is 0.385 e. The topological polar surface area (TPSA) is 50.4 Å². The van der Waals surface area contributed by atoms with Crippen LogP contribution in [-0.2, 0) is 9.53 Å². The molecule has 1 saturated carbocycles. The van der Waals surface area contributed by atoms with Crippen LogP contribution in [0.4, 0.5) is 0 Å². The second kappa shape index (κ2) is 8.48. The van der Waals surface area contributed by atoms with Crippen LogP contribution in [-0.4, -0.2) is 38.8 Å². The molecular formula is C13H26N2O2. The van der Waals surface area contributed by atoms with E-state index in [-0.39, 0.29) is 5.91 Å². The molecule has 0 heterocycles. The number of hydrogen-bond acceptors (Lipinski definition) is 3. The van der Waals surface area contributed by atoms with E-state index >= 15 is 0 Å². The number of methoxy groups -OCH3 is 1. The second-order valence-electron chi connectivity index (χ2n) is 4.91. The van der Waals surface area contributed by atoms with Crippen molar-refractivity contribution in [2.45, 2.75) is 45.1 Å². The molecule has 1 rings (SSSR count). The molecule has 1 fully saturated rings. The Labute approximate surface area is 104 Å². The summed E-state index contributed by atoms with van der Waals surface area (Å²) < 4.78 is 4.92. The number of rotatable bonds is 8. The van der Waals surface area contributed by atoms with Gasteiger partial charge in [-0.25, -0.2) is 0 Å². The Hall–Kier alpha value is -0.610. The van der Waals surface area contributed by atoms with Crippen molar-refractivity contribution in [3.05, 3.63) is 0 Å². The zero-order chi connectivity index (χ0) is 12.5. The summed E-state index contributed by atoms with van der Waals surface area (Å²) in [6.07, 6.45) is 6.19. The van der Waals surface area contributed by atoms with Crippen molar-refractivity contribution in [2.24, 2.45) is 5.92 Å². The van der Waals surface area contributed by atoms with Crippen LogP contribution >= 0.6 is 0 Å². The maximum atomic E-state index is 11.5. The maximum Gasteiger partial charge on any atom is 0.233 e. The average Bonchev–Trinajstić information content (AvgIpc) is 2.85. The Morgan fingerprint density at radius 3 is 2.76 bits per heavy atom. The van der Waals surface area contributed by atoms with Gasteiger partial charge < -0.3 is 15.4 Å². The van der Waals surface area contributed by atoms with Gasteiger partial charge in [0.25, 0.3) is 0 Å². The molecule has 0 aromatic carbocycles. The lowest BCUT2D eigenvalue weighted by Crippen LogP contribution is -2.41. The summed E-state index contributed by atoms with van der Waals surface area (Å²) in [4.78, 5) is 11.5. The number of hydrogen-bond donors (Lipinski definition) is 2. The third-order valence-electron chi connectivity index (χ3n) is 3.54. The van der Waals surface area contributed by atoms with E-state index in [0.717, 1.165) is 12.3 Å². The first kappa shape index (κ1) is 14.5. The van der Waals surface area contributed by atoms with E-state index in [1.54, 1.807) is 7.11 Å². The fourth-order valence-corrected chi connectivity index (χ4v) is 2.38. The lowest BCUT2D eigenvalue weighted by Gasteiger charge is -2.20. The quantitative estimate of drug-likeness (QED) is 0.631. The molecular weight excluding hydrogens is 216 g/mol. The molecule has 17 heavy (non-hydrogen) atoms. The van der Waals surface area contributed by atoms with Gasteiger partial charge in [0.15, 0.2) is 0 Å². The molecule has 0 aliphatic heterocycles. The maximum absolute atomic E-state index is 11.5. The molecule has 4 nitrogen and oxygen atoms in total. The molecule has 100 valence electrons. The monoisotopic (exact) mass is 242 g/mol. The molecule has 0 saturated heterocycles. The first-order chi connectivity index (χ1) is 8.24. The molecule has 1 amide bonds. The molecule has 1 atom stereocenters. The highest BCUT2D eigenvalue weighted by molar-refractivity contribution is 5.77. The first-order valence-electron chi connectivity index (χ1n) is 6.73. The van der Waals surface area contributed by atoms with Gasteiger partial charge in [0.2, 0.25) is 5.91 Å². The molecule has 1 aliphatic rings. The van der Waals surface area contributed by atoms with Crippen molar-refractivity contribution >= 4 is 5.91 Å². The van der Waals surface area contributed by atoms with E-state index in [4.69, 9.17) is 4.74 Å². The minimum Gasteiger partial charge on any atom is -0.385 e. The molecule has 4 heteroatoms. The number of carbonyl (C=O) groups excluding carboxylic acids is 1. The van der Waals surface area contributed by atoms with Gasteiger partial charge in [-0.3, -0.25) is 4.79 Å². The summed E-state index contributed by atoms with van der Waals surface area (Å²) in [5.41, 5.74) is 0. The predicted octanol–water partition coefficient (Wildman–Crippen LogP) is 1.31. The highest BCUT2D eigenvalue weighted by Crippen LogP contribution is 2.27. The van der Waals surface area contributed by atoms with Crippen molar-refractivity contribution in [3.63, 3.8) is 0 Å². The van der Waals surface area contributed by atoms with Crippen LogP contribution in [0.1, 0.15) is 39.0 Å². The number of carbonyl (C=O) groups is 1. The van der Waals surface area contributed by atoms with Gasteiger partial charge >= 0.3 is 0 Å². The van der Waals surface area contributed by atoms with Gasteiger partial charge in [-0.1, -0.05) is 12.8 Å². The Morgan fingerprint density at radius 1 is 1.41 bits per heavy atom. The smallest absolute Gasteiger partial charge is 0.233 e. The molecule has 1 aliphatic carbocycles. The minimum absolute atomic E-state index is 0.0888. The molecule has 2 N–H and O–H groups in total. The van der Waals surface area contributed by atoms with Gasteiger partial charge in [-0.05, 0) is 32.1 Å². The van der Waals surface area contributed by atoms with Crippen LogP contribution in [0.25, 0.3) is 0 Å². The second-order valence-corrected chi connectivity index (χ2v) is 4.91. The summed E-state index contributed by atoms with van der Waals surface area (Å²) in [5.74, 6) is 0.849. The Morgan fingerprint density at radius 2 is 2.12 bits per heavy atom. The van der Waals surface area contributed by atoms with Crippen LogP contribution in [0.5, 0.6) is 0 Å². The Kier molecular flexibility index (Phi) is 7.21. The van der Waals surface area contributed by atoms with Gasteiger partial charge in [-0.2, -0.15) is 0 Å². The van der Waals surface area contributed by atoms with Gasteiger partial charge in [0.05, 0.1) is 6.54 Å². The Bertz CT molecular complexity index is 215. The third-order valence-corrected chi connectivity index (χ3v) is 3.54. The van der Waals surface area contributed by atoms with Crippen LogP contribution in [0, 0.1) is 5.92 Å². The van der Waals surface area contributed by atoms with Crippen LogP contribution < -0.4 is 10.6 Å². The first-order valence-corrected chi connectivity index (χ1v) is 6.73. The SMILES string of the molecule is COCCCNC(=O)CN[C@@H](C)C1CCCC1. The molecule has 0 spiro atoms. The Balaban J connectivity index is 2.02. The average molecular weight is 242 g/mol. The predicted molar refractivity (Wildman–Crippen MR) is 68.9 cm³/mol. The van der Waals surface area contributed by atoms with E-state index in [9.17, 15) is 4.79 Å². The summed E-state index contributed by atoms with van der Waals surface area (Å²) in [7, 11) is 1.67. The van der Waals surface area contributed by atoms with Gasteiger partial charge in [-0.15, -0.1) is 0 Å². The molecule has 0 radical (unpaired) electrons.